The van der Waals surface area contributed by atoms with Crippen molar-refractivity contribution in [1.29, 1.82) is 0 Å². The van der Waals surface area contributed by atoms with Gasteiger partial charge in [-0.1, -0.05) is 35.6 Å². The van der Waals surface area contributed by atoms with Crippen LogP contribution in [0.2, 0.25) is 0 Å². The highest BCUT2D eigenvalue weighted by Gasteiger charge is 2.14. The molecule has 33 heavy (non-hydrogen) atoms. The lowest BCUT2D eigenvalue weighted by Gasteiger charge is -2.15. The summed E-state index contributed by atoms with van der Waals surface area (Å²) in [7, 11) is 0. The summed E-state index contributed by atoms with van der Waals surface area (Å²) < 4.78 is 16.2. The van der Waals surface area contributed by atoms with Gasteiger partial charge in [0, 0.05) is 3.57 Å². The average molecular weight is 633 g/mol. The predicted molar refractivity (Wildman–Crippen MR) is 144 cm³/mol. The summed E-state index contributed by atoms with van der Waals surface area (Å²) in [4.78, 5) is 18.4. The average Bonchev–Trinajstić information content (AvgIpc) is 3.31. The number of ether oxygens (including phenoxy) is 2. The molecule has 0 saturated heterocycles. The maximum absolute atomic E-state index is 13.1. The van der Waals surface area contributed by atoms with Crippen LogP contribution in [0.15, 0.2) is 69.9 Å². The summed E-state index contributed by atoms with van der Waals surface area (Å²) in [5, 5.41) is 0. The van der Waals surface area contributed by atoms with Gasteiger partial charge in [0.2, 0.25) is 0 Å². The van der Waals surface area contributed by atoms with Crippen LogP contribution >= 0.6 is 49.9 Å². The first-order valence-corrected chi connectivity index (χ1v) is 13.0. The second-order valence-electron chi connectivity index (χ2n) is 7.31. The Hall–Kier alpha value is -2.43. The molecule has 5 nitrogen and oxygen atoms in total. The molecule has 0 fully saturated rings. The van der Waals surface area contributed by atoms with Gasteiger partial charge in [-0.05, 0) is 99.0 Å². The van der Waals surface area contributed by atoms with Gasteiger partial charge in [0.05, 0.1) is 26.6 Å². The molecule has 5 rings (SSSR count). The molecule has 0 atom stereocenters. The zero-order chi connectivity index (χ0) is 22.9. The van der Waals surface area contributed by atoms with Crippen molar-refractivity contribution in [1.82, 2.24) is 9.38 Å². The summed E-state index contributed by atoms with van der Waals surface area (Å²) in [6.45, 7) is 2.86. The Bertz CT molecular complexity index is 1580. The Morgan fingerprint density at radius 3 is 2.70 bits per heavy atom. The molecule has 2 aromatic heterocycles. The van der Waals surface area contributed by atoms with E-state index in [2.05, 4.69) is 55.6 Å². The van der Waals surface area contributed by atoms with Crippen LogP contribution in [-0.4, -0.2) is 16.0 Å². The summed E-state index contributed by atoms with van der Waals surface area (Å²) >= 11 is 7.29. The third-order valence-corrected chi connectivity index (χ3v) is 7.35. The largest absolute Gasteiger partial charge is 0.490 e. The summed E-state index contributed by atoms with van der Waals surface area (Å²) in [5.41, 5.74) is 3.49. The highest BCUT2D eigenvalue weighted by Crippen LogP contribution is 2.37. The number of imidazole rings is 1. The number of thiazole rings is 1. The van der Waals surface area contributed by atoms with E-state index in [1.54, 1.807) is 4.40 Å². The van der Waals surface area contributed by atoms with Crippen molar-refractivity contribution < 1.29 is 9.47 Å². The Morgan fingerprint density at radius 2 is 1.91 bits per heavy atom. The van der Waals surface area contributed by atoms with E-state index < -0.39 is 0 Å². The second kappa shape index (κ2) is 9.44. The number of para-hydroxylation sites is 2. The molecule has 5 aromatic rings. The van der Waals surface area contributed by atoms with Crippen LogP contribution in [0.4, 0.5) is 0 Å². The van der Waals surface area contributed by atoms with Crippen LogP contribution in [-0.2, 0) is 6.61 Å². The van der Waals surface area contributed by atoms with Gasteiger partial charge in [-0.3, -0.25) is 4.79 Å². The molecule has 0 amide bonds. The minimum absolute atomic E-state index is 0.0724. The number of nitrogens with zero attached hydrogens (tertiary/aromatic N) is 2. The Morgan fingerprint density at radius 1 is 1.12 bits per heavy atom. The van der Waals surface area contributed by atoms with Crippen molar-refractivity contribution in [3.8, 4) is 11.5 Å². The van der Waals surface area contributed by atoms with Crippen molar-refractivity contribution in [3.05, 3.63) is 94.7 Å². The predicted octanol–water partition coefficient (Wildman–Crippen LogP) is 5.80. The van der Waals surface area contributed by atoms with E-state index in [4.69, 9.17) is 9.47 Å². The lowest BCUT2D eigenvalue weighted by Crippen LogP contribution is -2.22. The monoisotopic (exact) mass is 632 g/mol. The van der Waals surface area contributed by atoms with Gasteiger partial charge in [-0.15, -0.1) is 0 Å². The molecular formula is C25H18BrIN2O3S. The standard InChI is InChI=1S/C25H18BrIN2O3S/c1-2-31-21-12-16(11-18(26)23(21)32-14-15-7-9-17(27)10-8-15)13-22-24(30)29-20-6-4-3-5-19(20)28-25(29)33-22/h3-13H,2,14H2,1H3/b22-13-. The highest BCUT2D eigenvalue weighted by atomic mass is 127. The summed E-state index contributed by atoms with van der Waals surface area (Å²) in [6.07, 6.45) is 1.87. The number of halogens is 2. The molecule has 0 radical (unpaired) electrons. The van der Waals surface area contributed by atoms with Gasteiger partial charge < -0.3 is 9.47 Å². The molecular weight excluding hydrogens is 615 g/mol. The molecule has 0 unspecified atom stereocenters. The molecule has 8 heteroatoms. The van der Waals surface area contributed by atoms with E-state index in [1.807, 2.05) is 61.5 Å². The van der Waals surface area contributed by atoms with Gasteiger partial charge in [-0.2, -0.15) is 0 Å². The normalized spacial score (nSPS) is 12.0. The third-order valence-electron chi connectivity index (χ3n) is 5.07. The Kier molecular flexibility index (Phi) is 6.40. The molecule has 2 heterocycles. The van der Waals surface area contributed by atoms with E-state index in [-0.39, 0.29) is 5.56 Å². The van der Waals surface area contributed by atoms with Crippen molar-refractivity contribution in [2.24, 2.45) is 0 Å². The fraction of sp³-hybridized carbons (Fsp3) is 0.120. The first-order chi connectivity index (χ1) is 16.0. The van der Waals surface area contributed by atoms with E-state index in [0.717, 1.165) is 26.6 Å². The van der Waals surface area contributed by atoms with E-state index in [1.165, 1.54) is 14.9 Å². The van der Waals surface area contributed by atoms with Crippen LogP contribution in [0.3, 0.4) is 0 Å². The molecule has 0 aliphatic heterocycles. The highest BCUT2D eigenvalue weighted by molar-refractivity contribution is 14.1. The van der Waals surface area contributed by atoms with E-state index in [9.17, 15) is 4.79 Å². The first kappa shape index (κ1) is 22.4. The summed E-state index contributed by atoms with van der Waals surface area (Å²) in [5.74, 6) is 1.27. The molecule has 0 spiro atoms. The van der Waals surface area contributed by atoms with Gasteiger partial charge in [0.1, 0.15) is 6.61 Å². The number of benzene rings is 3. The molecule has 3 aromatic carbocycles. The number of rotatable bonds is 6. The number of fused-ring (bicyclic) bond motifs is 3. The Balaban J connectivity index is 1.52. The van der Waals surface area contributed by atoms with Gasteiger partial charge in [0.15, 0.2) is 16.5 Å². The maximum Gasteiger partial charge on any atom is 0.274 e. The molecule has 0 aliphatic carbocycles. The minimum atomic E-state index is -0.0724. The lowest BCUT2D eigenvalue weighted by atomic mass is 10.2. The summed E-state index contributed by atoms with van der Waals surface area (Å²) in [6, 6.07) is 19.7. The fourth-order valence-corrected chi connectivity index (χ4v) is 5.49. The van der Waals surface area contributed by atoms with Crippen LogP contribution in [0.1, 0.15) is 18.1 Å². The fourth-order valence-electron chi connectivity index (χ4n) is 3.57. The Labute approximate surface area is 215 Å². The second-order valence-corrected chi connectivity index (χ2v) is 10.4. The molecule has 0 aliphatic rings. The van der Waals surface area contributed by atoms with E-state index in [0.29, 0.717) is 34.2 Å². The SMILES string of the molecule is CCOc1cc(/C=c2\sc3nc4ccccc4n3c2=O)cc(Br)c1OCc1ccc(I)cc1. The molecule has 0 N–H and O–H groups in total. The zero-order valence-corrected chi connectivity index (χ0v) is 22.1. The molecule has 0 saturated carbocycles. The molecule has 0 bridgehead atoms. The lowest BCUT2D eigenvalue weighted by molar-refractivity contribution is 0.267. The van der Waals surface area contributed by atoms with Crippen LogP contribution < -0.4 is 19.6 Å². The maximum atomic E-state index is 13.1. The first-order valence-electron chi connectivity index (χ1n) is 10.3. The topological polar surface area (TPSA) is 52.8 Å². The van der Waals surface area contributed by atoms with Gasteiger partial charge in [0.25, 0.3) is 5.56 Å². The van der Waals surface area contributed by atoms with E-state index >= 15 is 0 Å². The quantitative estimate of drug-likeness (QED) is 0.222. The minimum Gasteiger partial charge on any atom is -0.490 e. The number of aromatic nitrogens is 2. The third kappa shape index (κ3) is 4.51. The van der Waals surface area contributed by atoms with Crippen LogP contribution in [0, 0.1) is 3.57 Å². The number of hydrogen-bond acceptors (Lipinski definition) is 5. The van der Waals surface area contributed by atoms with Gasteiger partial charge in [-0.25, -0.2) is 9.38 Å². The van der Waals surface area contributed by atoms with Crippen LogP contribution in [0.5, 0.6) is 11.5 Å². The van der Waals surface area contributed by atoms with Crippen LogP contribution in [0.25, 0.3) is 22.1 Å². The van der Waals surface area contributed by atoms with Gasteiger partial charge >= 0.3 is 0 Å². The van der Waals surface area contributed by atoms with Crippen molar-refractivity contribution in [2.75, 3.05) is 6.61 Å². The van der Waals surface area contributed by atoms with Crippen molar-refractivity contribution in [2.45, 2.75) is 13.5 Å². The van der Waals surface area contributed by atoms with Crippen molar-refractivity contribution >= 4 is 71.9 Å². The smallest absolute Gasteiger partial charge is 0.274 e. The zero-order valence-electron chi connectivity index (χ0n) is 17.5. The molecule has 166 valence electrons. The van der Waals surface area contributed by atoms with Crippen molar-refractivity contribution in [3.63, 3.8) is 0 Å². The number of hydrogen-bond donors (Lipinski definition) is 0.